The van der Waals surface area contributed by atoms with Crippen molar-refractivity contribution in [1.29, 1.82) is 5.26 Å². The normalized spacial score (nSPS) is 24.9. The molecule has 0 radical (unpaired) electrons. The van der Waals surface area contributed by atoms with Gasteiger partial charge in [-0.3, -0.25) is 0 Å². The molecule has 1 spiro atoms. The lowest BCUT2D eigenvalue weighted by molar-refractivity contribution is 0.0639. The van der Waals surface area contributed by atoms with E-state index in [0.717, 1.165) is 13.0 Å². The molecule has 2 rings (SSSR count). The highest BCUT2D eigenvalue weighted by atomic mass is 15.1. The third kappa shape index (κ3) is 3.48. The molecule has 0 amide bonds. The van der Waals surface area contributed by atoms with Crippen molar-refractivity contribution in [3.8, 4) is 6.07 Å². The van der Waals surface area contributed by atoms with Crippen LogP contribution in [0.2, 0.25) is 0 Å². The minimum Gasteiger partial charge on any atom is -0.303 e. The summed E-state index contributed by atoms with van der Waals surface area (Å²) in [4.78, 5) is 2.58. The summed E-state index contributed by atoms with van der Waals surface area (Å²) in [5, 5.41) is 9.05. The molecule has 2 nitrogen and oxygen atoms in total. The first-order chi connectivity index (χ1) is 8.55. The van der Waals surface area contributed by atoms with Crippen LogP contribution in [0.4, 0.5) is 0 Å². The van der Waals surface area contributed by atoms with Crippen molar-refractivity contribution in [2.75, 3.05) is 19.6 Å². The Morgan fingerprint density at radius 2 is 1.67 bits per heavy atom. The maximum atomic E-state index is 9.05. The third-order valence-corrected chi connectivity index (χ3v) is 5.19. The number of hydrogen-bond acceptors (Lipinski definition) is 2. The molecule has 0 unspecified atom stereocenters. The maximum Gasteiger partial charge on any atom is 0.0684 e. The van der Waals surface area contributed by atoms with E-state index in [1.807, 2.05) is 0 Å². The van der Waals surface area contributed by atoms with Crippen LogP contribution in [-0.4, -0.2) is 24.5 Å². The molecule has 1 aliphatic heterocycles. The summed E-state index contributed by atoms with van der Waals surface area (Å²) < 4.78 is 0. The van der Waals surface area contributed by atoms with Crippen LogP contribution in [-0.2, 0) is 0 Å². The van der Waals surface area contributed by atoms with Gasteiger partial charge in [0.1, 0.15) is 0 Å². The molecule has 2 fully saturated rings. The average molecular weight is 248 g/mol. The van der Waals surface area contributed by atoms with E-state index in [0.29, 0.717) is 5.41 Å². The highest BCUT2D eigenvalue weighted by Crippen LogP contribution is 2.44. The van der Waals surface area contributed by atoms with Gasteiger partial charge in [-0.1, -0.05) is 19.3 Å². The Morgan fingerprint density at radius 1 is 1.06 bits per heavy atom. The average Bonchev–Trinajstić information content (AvgIpc) is 2.39. The van der Waals surface area contributed by atoms with Crippen LogP contribution < -0.4 is 0 Å². The number of piperidine rings is 1. The first-order valence-electron chi connectivity index (χ1n) is 7.69. The summed E-state index contributed by atoms with van der Waals surface area (Å²) in [6, 6.07) is 2.41. The summed E-state index contributed by atoms with van der Waals surface area (Å²) in [6.45, 7) is 7.75. The van der Waals surface area contributed by atoms with Crippen molar-refractivity contribution < 1.29 is 0 Å². The van der Waals surface area contributed by atoms with Crippen molar-refractivity contribution in [3.63, 3.8) is 0 Å². The Hall–Kier alpha value is -0.550. The standard InChI is InChI=1S/C16H28N2/c1-15(2,14-17)8-11-18-12-9-16(10-13-18)6-4-3-5-7-16/h3-13H2,1-2H3. The van der Waals surface area contributed by atoms with Crippen LogP contribution in [0.25, 0.3) is 0 Å². The van der Waals surface area contributed by atoms with Gasteiger partial charge in [0, 0.05) is 0 Å². The first-order valence-corrected chi connectivity index (χ1v) is 7.69. The van der Waals surface area contributed by atoms with Crippen LogP contribution in [0.15, 0.2) is 0 Å². The van der Waals surface area contributed by atoms with E-state index in [2.05, 4.69) is 24.8 Å². The van der Waals surface area contributed by atoms with Crippen LogP contribution in [0, 0.1) is 22.2 Å². The van der Waals surface area contributed by atoms with Gasteiger partial charge in [-0.2, -0.15) is 5.26 Å². The van der Waals surface area contributed by atoms with Crippen molar-refractivity contribution in [3.05, 3.63) is 0 Å². The predicted octanol–water partition coefficient (Wildman–Crippen LogP) is 3.97. The topological polar surface area (TPSA) is 27.0 Å². The predicted molar refractivity (Wildman–Crippen MR) is 75.2 cm³/mol. The van der Waals surface area contributed by atoms with Crippen molar-refractivity contribution in [2.45, 2.75) is 65.2 Å². The Labute approximate surface area is 112 Å². The zero-order valence-corrected chi connectivity index (χ0v) is 12.2. The Morgan fingerprint density at radius 3 is 2.22 bits per heavy atom. The van der Waals surface area contributed by atoms with Crippen LogP contribution in [0.3, 0.4) is 0 Å². The van der Waals surface area contributed by atoms with Crippen LogP contribution in [0.5, 0.6) is 0 Å². The molecule has 18 heavy (non-hydrogen) atoms. The second kappa shape index (κ2) is 5.61. The van der Waals surface area contributed by atoms with Gasteiger partial charge in [0.15, 0.2) is 0 Å². The fourth-order valence-corrected chi connectivity index (χ4v) is 3.55. The molecular formula is C16H28N2. The lowest BCUT2D eigenvalue weighted by Crippen LogP contribution is -2.42. The van der Waals surface area contributed by atoms with Crippen molar-refractivity contribution in [2.24, 2.45) is 10.8 Å². The molecule has 2 heteroatoms. The lowest BCUT2D eigenvalue weighted by atomic mass is 9.68. The Bertz CT molecular complexity index is 298. The van der Waals surface area contributed by atoms with Gasteiger partial charge in [-0.05, 0) is 71.0 Å². The summed E-state index contributed by atoms with van der Waals surface area (Å²) in [6.07, 6.45) is 11.1. The molecule has 1 heterocycles. The lowest BCUT2D eigenvalue weighted by Gasteiger charge is -2.44. The van der Waals surface area contributed by atoms with Crippen molar-refractivity contribution in [1.82, 2.24) is 4.90 Å². The smallest absolute Gasteiger partial charge is 0.0684 e. The maximum absolute atomic E-state index is 9.05. The zero-order valence-electron chi connectivity index (χ0n) is 12.2. The van der Waals surface area contributed by atoms with Crippen molar-refractivity contribution >= 4 is 0 Å². The Balaban J connectivity index is 1.75. The fourth-order valence-electron chi connectivity index (χ4n) is 3.55. The number of hydrogen-bond donors (Lipinski definition) is 0. The van der Waals surface area contributed by atoms with Crippen LogP contribution >= 0.6 is 0 Å². The SMILES string of the molecule is CC(C)(C#N)CCN1CCC2(CCCCC2)CC1. The molecule has 0 N–H and O–H groups in total. The molecule has 0 aromatic carbocycles. The van der Waals surface area contributed by atoms with E-state index >= 15 is 0 Å². The molecule has 0 bridgehead atoms. The molecule has 0 aromatic heterocycles. The van der Waals surface area contributed by atoms with E-state index in [-0.39, 0.29) is 5.41 Å². The molecule has 102 valence electrons. The molecule has 2 aliphatic rings. The second-order valence-corrected chi connectivity index (χ2v) is 7.15. The molecule has 0 atom stereocenters. The van der Waals surface area contributed by atoms with E-state index in [1.54, 1.807) is 0 Å². The summed E-state index contributed by atoms with van der Waals surface area (Å²) >= 11 is 0. The number of nitriles is 1. The van der Waals surface area contributed by atoms with E-state index in [1.165, 1.54) is 58.0 Å². The third-order valence-electron chi connectivity index (χ3n) is 5.19. The molecule has 0 aromatic rings. The number of likely N-dealkylation sites (tertiary alicyclic amines) is 1. The molecule has 1 aliphatic carbocycles. The minimum absolute atomic E-state index is 0.153. The Kier molecular flexibility index (Phi) is 4.33. The van der Waals surface area contributed by atoms with Gasteiger partial charge < -0.3 is 4.90 Å². The summed E-state index contributed by atoms with van der Waals surface area (Å²) in [5.41, 5.74) is 0.555. The summed E-state index contributed by atoms with van der Waals surface area (Å²) in [5.74, 6) is 0. The minimum atomic E-state index is -0.153. The van der Waals surface area contributed by atoms with Gasteiger partial charge in [-0.25, -0.2) is 0 Å². The largest absolute Gasteiger partial charge is 0.303 e. The first kappa shape index (κ1) is 13.9. The van der Waals surface area contributed by atoms with E-state index in [4.69, 9.17) is 5.26 Å². The van der Waals surface area contributed by atoms with Crippen LogP contribution in [0.1, 0.15) is 65.2 Å². The monoisotopic (exact) mass is 248 g/mol. The highest BCUT2D eigenvalue weighted by molar-refractivity contribution is 4.93. The van der Waals surface area contributed by atoms with Gasteiger partial charge >= 0.3 is 0 Å². The molecule has 1 saturated heterocycles. The quantitative estimate of drug-likeness (QED) is 0.755. The number of nitrogens with zero attached hydrogens (tertiary/aromatic N) is 2. The fraction of sp³-hybridized carbons (Fsp3) is 0.938. The van der Waals surface area contributed by atoms with Gasteiger partial charge in [0.05, 0.1) is 11.5 Å². The zero-order chi connectivity index (χ0) is 13.1. The number of rotatable bonds is 3. The molecular weight excluding hydrogens is 220 g/mol. The van der Waals surface area contributed by atoms with E-state index in [9.17, 15) is 0 Å². The van der Waals surface area contributed by atoms with E-state index < -0.39 is 0 Å². The second-order valence-electron chi connectivity index (χ2n) is 7.15. The molecule has 1 saturated carbocycles. The van der Waals surface area contributed by atoms with Gasteiger partial charge in [0.2, 0.25) is 0 Å². The summed E-state index contributed by atoms with van der Waals surface area (Å²) in [7, 11) is 0. The highest BCUT2D eigenvalue weighted by Gasteiger charge is 2.35. The van der Waals surface area contributed by atoms with Gasteiger partial charge in [-0.15, -0.1) is 0 Å². The van der Waals surface area contributed by atoms with Gasteiger partial charge in [0.25, 0.3) is 0 Å².